The molecule has 0 saturated heterocycles. The van der Waals surface area contributed by atoms with Crippen molar-refractivity contribution in [2.24, 2.45) is 0 Å². The molecule has 1 saturated carbocycles. The smallest absolute Gasteiger partial charge is 0.321 e. The number of hydrogen-bond acceptors (Lipinski definition) is 5. The molecule has 2 N–H and O–H groups in total. The quantitative estimate of drug-likeness (QED) is 0.703. The van der Waals surface area contributed by atoms with Crippen LogP contribution in [0.3, 0.4) is 0 Å². The third-order valence-corrected chi connectivity index (χ3v) is 4.76. The monoisotopic (exact) mass is 340 g/mol. The van der Waals surface area contributed by atoms with Gasteiger partial charge in [0.15, 0.2) is 6.10 Å². The molecule has 1 amide bonds. The standard InChI is InChI=1S/C15H20N2O5S/c1-10-3-7-13(8-4-10)23(20,21)16-9-14(18)22-11(2)15(19)17-12-5-6-12/h3-4,7-8,11-12,16H,5-6,9H2,1-2H3,(H,17,19)/t11-/m1/s1. The molecule has 0 spiro atoms. The zero-order valence-corrected chi connectivity index (χ0v) is 13.9. The molecule has 1 aliphatic rings. The van der Waals surface area contributed by atoms with E-state index in [1.165, 1.54) is 19.1 Å². The molecule has 0 unspecified atom stereocenters. The predicted octanol–water partition coefficient (Wildman–Crippen LogP) is 0.484. The molecule has 1 atom stereocenters. The van der Waals surface area contributed by atoms with Crippen molar-refractivity contribution in [2.45, 2.75) is 43.7 Å². The number of ether oxygens (including phenoxy) is 1. The zero-order valence-electron chi connectivity index (χ0n) is 13.0. The van der Waals surface area contributed by atoms with Crippen molar-refractivity contribution in [1.82, 2.24) is 10.0 Å². The molecular weight excluding hydrogens is 320 g/mol. The van der Waals surface area contributed by atoms with E-state index >= 15 is 0 Å². The summed E-state index contributed by atoms with van der Waals surface area (Å²) in [5, 5.41) is 2.71. The molecule has 0 heterocycles. The van der Waals surface area contributed by atoms with E-state index in [4.69, 9.17) is 4.74 Å². The molecule has 0 aromatic heterocycles. The number of aryl methyl sites for hydroxylation is 1. The maximum atomic E-state index is 12.0. The predicted molar refractivity (Wildman–Crippen MR) is 83.1 cm³/mol. The molecule has 23 heavy (non-hydrogen) atoms. The van der Waals surface area contributed by atoms with E-state index in [0.29, 0.717) is 0 Å². The molecule has 0 radical (unpaired) electrons. The Morgan fingerprint density at radius 2 is 1.87 bits per heavy atom. The Morgan fingerprint density at radius 3 is 2.43 bits per heavy atom. The van der Waals surface area contributed by atoms with Crippen LogP contribution >= 0.6 is 0 Å². The summed E-state index contributed by atoms with van der Waals surface area (Å²) in [5.74, 6) is -1.18. The number of carbonyl (C=O) groups is 2. The van der Waals surface area contributed by atoms with Gasteiger partial charge in [-0.2, -0.15) is 4.72 Å². The number of hydrogen-bond donors (Lipinski definition) is 2. The normalized spacial score (nSPS) is 15.7. The number of rotatable bonds is 7. The fourth-order valence-corrected chi connectivity index (χ4v) is 2.76. The second-order valence-corrected chi connectivity index (χ2v) is 7.32. The lowest BCUT2D eigenvalue weighted by molar-refractivity contribution is -0.153. The van der Waals surface area contributed by atoms with Crippen molar-refractivity contribution in [2.75, 3.05) is 6.54 Å². The van der Waals surface area contributed by atoms with Crippen LogP contribution in [0, 0.1) is 6.92 Å². The highest BCUT2D eigenvalue weighted by molar-refractivity contribution is 7.89. The van der Waals surface area contributed by atoms with E-state index < -0.39 is 28.6 Å². The first kappa shape index (κ1) is 17.4. The van der Waals surface area contributed by atoms with Crippen LogP contribution < -0.4 is 10.0 Å². The van der Waals surface area contributed by atoms with Crippen LogP contribution in [0.1, 0.15) is 25.3 Å². The number of carbonyl (C=O) groups excluding carboxylic acids is 2. The molecule has 8 heteroatoms. The first-order chi connectivity index (χ1) is 10.8. The van der Waals surface area contributed by atoms with Crippen molar-refractivity contribution < 1.29 is 22.7 Å². The lowest BCUT2D eigenvalue weighted by atomic mass is 10.2. The number of amides is 1. The lowest BCUT2D eigenvalue weighted by Crippen LogP contribution is -2.39. The molecule has 126 valence electrons. The average Bonchev–Trinajstić information content (AvgIpc) is 3.29. The molecule has 1 aliphatic carbocycles. The van der Waals surface area contributed by atoms with Gasteiger partial charge < -0.3 is 10.1 Å². The Morgan fingerprint density at radius 1 is 1.26 bits per heavy atom. The second-order valence-electron chi connectivity index (χ2n) is 5.55. The summed E-state index contributed by atoms with van der Waals surface area (Å²) >= 11 is 0. The Hall–Kier alpha value is -1.93. The minimum absolute atomic E-state index is 0.0652. The Kier molecular flexibility index (Phi) is 5.38. The SMILES string of the molecule is Cc1ccc(S(=O)(=O)NCC(=O)O[C@H](C)C(=O)NC2CC2)cc1. The van der Waals surface area contributed by atoms with E-state index in [1.807, 2.05) is 6.92 Å². The number of nitrogens with one attached hydrogen (secondary N) is 2. The summed E-state index contributed by atoms with van der Waals surface area (Å²) in [6, 6.07) is 6.40. The van der Waals surface area contributed by atoms with Crippen LogP contribution in [-0.4, -0.2) is 39.0 Å². The minimum Gasteiger partial charge on any atom is -0.452 e. The second kappa shape index (κ2) is 7.10. The number of benzene rings is 1. The fourth-order valence-electron chi connectivity index (χ4n) is 1.79. The van der Waals surface area contributed by atoms with Crippen molar-refractivity contribution in [3.05, 3.63) is 29.8 Å². The van der Waals surface area contributed by atoms with Gasteiger partial charge in [0.1, 0.15) is 6.54 Å². The van der Waals surface area contributed by atoms with Crippen LogP contribution in [-0.2, 0) is 24.3 Å². The summed E-state index contributed by atoms with van der Waals surface area (Å²) in [5.41, 5.74) is 0.929. The number of sulfonamides is 1. The highest BCUT2D eigenvalue weighted by atomic mass is 32.2. The largest absolute Gasteiger partial charge is 0.452 e. The van der Waals surface area contributed by atoms with Gasteiger partial charge in [0, 0.05) is 6.04 Å². The molecule has 0 bridgehead atoms. The van der Waals surface area contributed by atoms with E-state index in [-0.39, 0.29) is 16.8 Å². The highest BCUT2D eigenvalue weighted by Crippen LogP contribution is 2.18. The Bertz CT molecular complexity index is 680. The molecule has 1 aromatic carbocycles. The summed E-state index contributed by atoms with van der Waals surface area (Å²) in [6.45, 7) is 2.76. The van der Waals surface area contributed by atoms with Crippen molar-refractivity contribution in [1.29, 1.82) is 0 Å². The van der Waals surface area contributed by atoms with Gasteiger partial charge in [-0.1, -0.05) is 17.7 Å². The van der Waals surface area contributed by atoms with Gasteiger partial charge in [0.2, 0.25) is 10.0 Å². The van der Waals surface area contributed by atoms with E-state index in [2.05, 4.69) is 10.0 Å². The van der Waals surface area contributed by atoms with Crippen LogP contribution in [0.2, 0.25) is 0 Å². The van der Waals surface area contributed by atoms with Gasteiger partial charge >= 0.3 is 5.97 Å². The fraction of sp³-hybridized carbons (Fsp3) is 0.467. The lowest BCUT2D eigenvalue weighted by Gasteiger charge is -2.13. The van der Waals surface area contributed by atoms with E-state index in [1.54, 1.807) is 12.1 Å². The zero-order chi connectivity index (χ0) is 17.0. The van der Waals surface area contributed by atoms with Gasteiger partial charge in [0.25, 0.3) is 5.91 Å². The van der Waals surface area contributed by atoms with Crippen LogP contribution in [0.5, 0.6) is 0 Å². The van der Waals surface area contributed by atoms with Gasteiger partial charge in [-0.15, -0.1) is 0 Å². The van der Waals surface area contributed by atoms with Crippen molar-refractivity contribution in [3.63, 3.8) is 0 Å². The van der Waals surface area contributed by atoms with Crippen LogP contribution in [0.25, 0.3) is 0 Å². The summed E-state index contributed by atoms with van der Waals surface area (Å²) in [7, 11) is -3.79. The molecule has 2 rings (SSSR count). The van der Waals surface area contributed by atoms with Crippen molar-refractivity contribution in [3.8, 4) is 0 Å². The summed E-state index contributed by atoms with van der Waals surface area (Å²) in [6.07, 6.45) is 0.915. The maximum absolute atomic E-state index is 12.0. The summed E-state index contributed by atoms with van der Waals surface area (Å²) in [4.78, 5) is 23.4. The van der Waals surface area contributed by atoms with E-state index in [0.717, 1.165) is 18.4 Å². The van der Waals surface area contributed by atoms with E-state index in [9.17, 15) is 18.0 Å². The minimum atomic E-state index is -3.79. The van der Waals surface area contributed by atoms with Gasteiger partial charge in [0.05, 0.1) is 4.90 Å². The molecule has 7 nitrogen and oxygen atoms in total. The molecule has 1 fully saturated rings. The van der Waals surface area contributed by atoms with Crippen molar-refractivity contribution >= 4 is 21.9 Å². The average molecular weight is 340 g/mol. The van der Waals surface area contributed by atoms with Gasteiger partial charge in [-0.05, 0) is 38.8 Å². The third kappa shape index (κ3) is 5.33. The Balaban J connectivity index is 1.82. The van der Waals surface area contributed by atoms with Crippen LogP contribution in [0.15, 0.2) is 29.2 Å². The van der Waals surface area contributed by atoms with Gasteiger partial charge in [-0.3, -0.25) is 9.59 Å². The molecule has 1 aromatic rings. The third-order valence-electron chi connectivity index (χ3n) is 3.34. The molecular formula is C15H20N2O5S. The maximum Gasteiger partial charge on any atom is 0.321 e. The first-order valence-electron chi connectivity index (χ1n) is 7.34. The van der Waals surface area contributed by atoms with Gasteiger partial charge in [-0.25, -0.2) is 8.42 Å². The first-order valence-corrected chi connectivity index (χ1v) is 8.82. The Labute approximate surface area is 135 Å². The number of esters is 1. The highest BCUT2D eigenvalue weighted by Gasteiger charge is 2.27. The summed E-state index contributed by atoms with van der Waals surface area (Å²) < 4.78 is 31.1. The van der Waals surface area contributed by atoms with Crippen LogP contribution in [0.4, 0.5) is 0 Å². The topological polar surface area (TPSA) is 102 Å². The molecule has 0 aliphatic heterocycles.